The molecule has 0 heterocycles. The van der Waals surface area contributed by atoms with Gasteiger partial charge in [0.15, 0.2) is 0 Å². The van der Waals surface area contributed by atoms with Crippen LogP contribution in [0.2, 0.25) is 0 Å². The highest BCUT2D eigenvalue weighted by Gasteiger charge is 2.24. The van der Waals surface area contributed by atoms with Crippen molar-refractivity contribution >= 4 is 0 Å². The minimum absolute atomic E-state index is 0.264. The van der Waals surface area contributed by atoms with Gasteiger partial charge in [0.2, 0.25) is 0 Å². The van der Waals surface area contributed by atoms with Gasteiger partial charge in [0.1, 0.15) is 5.75 Å². The summed E-state index contributed by atoms with van der Waals surface area (Å²) >= 11 is 0. The number of nitrogens with two attached hydrogens (primary N) is 1. The average molecular weight is 298 g/mol. The maximum atomic E-state index is 6.11. The topological polar surface area (TPSA) is 38.5 Å². The summed E-state index contributed by atoms with van der Waals surface area (Å²) in [6, 6.07) is 19.1. The molecule has 0 aliphatic carbocycles. The van der Waals surface area contributed by atoms with E-state index in [1.807, 2.05) is 18.2 Å². The molecule has 2 aromatic carbocycles. The van der Waals surface area contributed by atoms with Crippen molar-refractivity contribution in [2.75, 3.05) is 27.7 Å². The maximum Gasteiger partial charge on any atom is 0.119 e. The first-order valence-electron chi connectivity index (χ1n) is 7.70. The third-order valence-electron chi connectivity index (χ3n) is 4.08. The van der Waals surface area contributed by atoms with Crippen LogP contribution in [0.25, 0.3) is 0 Å². The molecule has 2 atom stereocenters. The van der Waals surface area contributed by atoms with Crippen LogP contribution >= 0.6 is 0 Å². The SMILES string of the molecule is COc1cccc(C(C(CN)Cc2ccccc2)N(C)C)c1. The summed E-state index contributed by atoms with van der Waals surface area (Å²) in [5, 5.41) is 0. The zero-order chi connectivity index (χ0) is 15.9. The van der Waals surface area contributed by atoms with Crippen molar-refractivity contribution in [2.24, 2.45) is 11.7 Å². The molecule has 0 saturated heterocycles. The fraction of sp³-hybridized carbons (Fsp3) is 0.368. The lowest BCUT2D eigenvalue weighted by atomic mass is 9.87. The molecule has 3 heteroatoms. The molecule has 2 unspecified atom stereocenters. The van der Waals surface area contributed by atoms with Gasteiger partial charge in [-0.15, -0.1) is 0 Å². The second-order valence-electron chi connectivity index (χ2n) is 5.87. The molecule has 0 aromatic heterocycles. The van der Waals surface area contributed by atoms with E-state index < -0.39 is 0 Å². The Labute approximate surface area is 133 Å². The molecular formula is C19H26N2O. The minimum atomic E-state index is 0.264. The van der Waals surface area contributed by atoms with E-state index in [1.165, 1.54) is 11.1 Å². The minimum Gasteiger partial charge on any atom is -0.497 e. The van der Waals surface area contributed by atoms with Crippen LogP contribution in [0.1, 0.15) is 17.2 Å². The number of hydrogen-bond donors (Lipinski definition) is 1. The smallest absolute Gasteiger partial charge is 0.119 e. The second-order valence-corrected chi connectivity index (χ2v) is 5.87. The van der Waals surface area contributed by atoms with Crippen LogP contribution in [0.4, 0.5) is 0 Å². The first-order valence-corrected chi connectivity index (χ1v) is 7.70. The van der Waals surface area contributed by atoms with Crippen LogP contribution in [0.15, 0.2) is 54.6 Å². The lowest BCUT2D eigenvalue weighted by molar-refractivity contribution is 0.213. The largest absolute Gasteiger partial charge is 0.497 e. The summed E-state index contributed by atoms with van der Waals surface area (Å²) in [6.45, 7) is 0.648. The molecule has 0 spiro atoms. The van der Waals surface area contributed by atoms with Crippen molar-refractivity contribution in [3.05, 3.63) is 65.7 Å². The molecule has 22 heavy (non-hydrogen) atoms. The summed E-state index contributed by atoms with van der Waals surface area (Å²) in [5.74, 6) is 1.24. The average Bonchev–Trinajstić information content (AvgIpc) is 2.55. The highest BCUT2D eigenvalue weighted by Crippen LogP contribution is 2.31. The van der Waals surface area contributed by atoms with Crippen molar-refractivity contribution in [3.8, 4) is 5.75 Å². The van der Waals surface area contributed by atoms with Crippen LogP contribution in [-0.4, -0.2) is 32.6 Å². The van der Waals surface area contributed by atoms with E-state index in [0.29, 0.717) is 12.5 Å². The Morgan fingerprint density at radius 3 is 2.36 bits per heavy atom. The summed E-state index contributed by atoms with van der Waals surface area (Å²) in [6.07, 6.45) is 0.970. The fourth-order valence-corrected chi connectivity index (χ4v) is 3.06. The Morgan fingerprint density at radius 2 is 1.77 bits per heavy atom. The van der Waals surface area contributed by atoms with Gasteiger partial charge in [-0.25, -0.2) is 0 Å². The molecule has 0 fully saturated rings. The van der Waals surface area contributed by atoms with Crippen molar-refractivity contribution in [1.82, 2.24) is 4.90 Å². The standard InChI is InChI=1S/C19H26N2O/c1-21(2)19(16-10-7-11-18(13-16)22-3)17(14-20)12-15-8-5-4-6-9-15/h4-11,13,17,19H,12,14,20H2,1-3H3. The Kier molecular flexibility index (Phi) is 5.99. The van der Waals surface area contributed by atoms with Gasteiger partial charge in [0.25, 0.3) is 0 Å². The summed E-state index contributed by atoms with van der Waals surface area (Å²) in [4.78, 5) is 2.25. The molecule has 0 amide bonds. The predicted molar refractivity (Wildman–Crippen MR) is 92.1 cm³/mol. The van der Waals surface area contributed by atoms with E-state index in [4.69, 9.17) is 10.5 Å². The first-order chi connectivity index (χ1) is 10.7. The number of ether oxygens (including phenoxy) is 1. The Morgan fingerprint density at radius 1 is 1.05 bits per heavy atom. The van der Waals surface area contributed by atoms with E-state index in [-0.39, 0.29) is 6.04 Å². The van der Waals surface area contributed by atoms with Gasteiger partial charge < -0.3 is 15.4 Å². The van der Waals surface area contributed by atoms with Crippen molar-refractivity contribution < 1.29 is 4.74 Å². The molecule has 2 rings (SSSR count). The van der Waals surface area contributed by atoms with Crippen LogP contribution < -0.4 is 10.5 Å². The Balaban J connectivity index is 2.27. The molecule has 0 aliphatic heterocycles. The predicted octanol–water partition coefficient (Wildman–Crippen LogP) is 3.12. The maximum absolute atomic E-state index is 6.11. The van der Waals surface area contributed by atoms with Gasteiger partial charge >= 0.3 is 0 Å². The molecule has 0 radical (unpaired) electrons. The van der Waals surface area contributed by atoms with Crippen molar-refractivity contribution in [1.29, 1.82) is 0 Å². The van der Waals surface area contributed by atoms with Gasteiger partial charge in [0, 0.05) is 6.04 Å². The van der Waals surface area contributed by atoms with Crippen molar-refractivity contribution in [3.63, 3.8) is 0 Å². The quantitative estimate of drug-likeness (QED) is 0.853. The van der Waals surface area contributed by atoms with E-state index >= 15 is 0 Å². The number of benzene rings is 2. The zero-order valence-corrected chi connectivity index (χ0v) is 13.7. The van der Waals surface area contributed by atoms with E-state index in [9.17, 15) is 0 Å². The highest BCUT2D eigenvalue weighted by molar-refractivity contribution is 5.31. The molecular weight excluding hydrogens is 272 g/mol. The number of rotatable bonds is 7. The van der Waals surface area contributed by atoms with E-state index in [0.717, 1.165) is 12.2 Å². The molecule has 2 aromatic rings. The Hall–Kier alpha value is -1.84. The third-order valence-corrected chi connectivity index (χ3v) is 4.08. The molecule has 0 saturated carbocycles. The van der Waals surface area contributed by atoms with Crippen LogP contribution in [0.3, 0.4) is 0 Å². The molecule has 0 bridgehead atoms. The summed E-state index contributed by atoms with van der Waals surface area (Å²) < 4.78 is 5.37. The highest BCUT2D eigenvalue weighted by atomic mass is 16.5. The number of hydrogen-bond acceptors (Lipinski definition) is 3. The van der Waals surface area contributed by atoms with Gasteiger partial charge in [-0.05, 0) is 56.2 Å². The fourth-order valence-electron chi connectivity index (χ4n) is 3.06. The number of nitrogens with zero attached hydrogens (tertiary/aromatic N) is 1. The van der Waals surface area contributed by atoms with Crippen LogP contribution in [0, 0.1) is 5.92 Å². The monoisotopic (exact) mass is 298 g/mol. The van der Waals surface area contributed by atoms with Crippen LogP contribution in [-0.2, 0) is 6.42 Å². The van der Waals surface area contributed by atoms with Crippen molar-refractivity contribution in [2.45, 2.75) is 12.5 Å². The molecule has 0 aliphatic rings. The lowest BCUT2D eigenvalue weighted by Gasteiger charge is -2.32. The lowest BCUT2D eigenvalue weighted by Crippen LogP contribution is -2.33. The molecule has 3 nitrogen and oxygen atoms in total. The third kappa shape index (κ3) is 4.09. The van der Waals surface area contributed by atoms with Gasteiger partial charge in [-0.3, -0.25) is 0 Å². The Bertz CT molecular complexity index is 569. The summed E-state index contributed by atoms with van der Waals surface area (Å²) in [7, 11) is 5.92. The van der Waals surface area contributed by atoms with Gasteiger partial charge in [0.05, 0.1) is 7.11 Å². The van der Waals surface area contributed by atoms with Gasteiger partial charge in [-0.1, -0.05) is 42.5 Å². The van der Waals surface area contributed by atoms with E-state index in [2.05, 4.69) is 55.4 Å². The molecule has 2 N–H and O–H groups in total. The second kappa shape index (κ2) is 7.97. The first kappa shape index (κ1) is 16.5. The zero-order valence-electron chi connectivity index (χ0n) is 13.7. The molecule has 118 valence electrons. The van der Waals surface area contributed by atoms with E-state index in [1.54, 1.807) is 7.11 Å². The summed E-state index contributed by atoms with van der Waals surface area (Å²) in [5.41, 5.74) is 8.68. The number of methoxy groups -OCH3 is 1. The van der Waals surface area contributed by atoms with Crippen LogP contribution in [0.5, 0.6) is 5.75 Å². The van der Waals surface area contributed by atoms with Gasteiger partial charge in [-0.2, -0.15) is 0 Å². The normalized spacial score (nSPS) is 13.9.